The highest BCUT2D eigenvalue weighted by atomic mass is 79.9. The number of hydrogen-bond donors (Lipinski definition) is 1. The molecule has 0 aliphatic rings. The number of aryl methyl sites for hydroxylation is 2. The Balaban J connectivity index is 1.75. The number of nitrogens with zero attached hydrogens (tertiary/aromatic N) is 3. The lowest BCUT2D eigenvalue weighted by molar-refractivity contribution is -0.116. The zero-order valence-electron chi connectivity index (χ0n) is 15.7. The summed E-state index contributed by atoms with van der Waals surface area (Å²) in [6.07, 6.45) is 2.25. The zero-order chi connectivity index (χ0) is 20.4. The molecule has 0 aliphatic carbocycles. The standard InChI is InChI=1S/C19H19BrN4O4/c1-23-17-13(18(26)24(2)19(23)27)9-12(10-21-17)22-16(25)7-5-11-4-6-15(28-3)14(20)8-11/h4,6,8-10H,5,7H2,1-3H3,(H,22,25). The number of aromatic nitrogens is 3. The first-order valence-electron chi connectivity index (χ1n) is 8.50. The van der Waals surface area contributed by atoms with Gasteiger partial charge in [-0.2, -0.15) is 0 Å². The molecule has 9 heteroatoms. The number of amides is 1. The van der Waals surface area contributed by atoms with Crippen LogP contribution in [0.3, 0.4) is 0 Å². The largest absolute Gasteiger partial charge is 0.496 e. The van der Waals surface area contributed by atoms with Crippen LogP contribution in [0.5, 0.6) is 5.75 Å². The van der Waals surface area contributed by atoms with Crippen molar-refractivity contribution in [2.75, 3.05) is 12.4 Å². The molecular weight excluding hydrogens is 428 g/mol. The third-order valence-electron chi connectivity index (χ3n) is 4.43. The Morgan fingerprint density at radius 3 is 2.64 bits per heavy atom. The molecule has 1 aromatic carbocycles. The number of ether oxygens (including phenoxy) is 1. The Bertz CT molecular complexity index is 1180. The lowest BCUT2D eigenvalue weighted by Gasteiger charge is -2.09. The maximum Gasteiger partial charge on any atom is 0.332 e. The number of hydrogen-bond acceptors (Lipinski definition) is 5. The van der Waals surface area contributed by atoms with Gasteiger partial charge < -0.3 is 10.1 Å². The second-order valence-electron chi connectivity index (χ2n) is 6.32. The average molecular weight is 447 g/mol. The molecule has 3 rings (SSSR count). The number of anilines is 1. The topological polar surface area (TPSA) is 95.2 Å². The maximum atomic E-state index is 12.3. The van der Waals surface area contributed by atoms with Gasteiger partial charge in [-0.05, 0) is 46.1 Å². The normalized spacial score (nSPS) is 10.9. The third-order valence-corrected chi connectivity index (χ3v) is 5.05. The smallest absolute Gasteiger partial charge is 0.332 e. The minimum absolute atomic E-state index is 0.199. The summed E-state index contributed by atoms with van der Waals surface area (Å²) >= 11 is 3.42. The van der Waals surface area contributed by atoms with Crippen molar-refractivity contribution in [3.63, 3.8) is 0 Å². The number of rotatable bonds is 5. The van der Waals surface area contributed by atoms with Gasteiger partial charge in [-0.25, -0.2) is 9.78 Å². The molecule has 0 spiro atoms. The number of carbonyl (C=O) groups is 1. The van der Waals surface area contributed by atoms with Gasteiger partial charge in [0.1, 0.15) is 11.4 Å². The molecule has 0 atom stereocenters. The number of benzene rings is 1. The molecular formula is C19H19BrN4O4. The van der Waals surface area contributed by atoms with E-state index in [0.717, 1.165) is 20.4 Å². The molecule has 0 saturated heterocycles. The number of fused-ring (bicyclic) bond motifs is 1. The van der Waals surface area contributed by atoms with E-state index in [0.29, 0.717) is 12.1 Å². The molecule has 0 saturated carbocycles. The van der Waals surface area contributed by atoms with Crippen molar-refractivity contribution in [3.8, 4) is 5.75 Å². The molecule has 0 radical (unpaired) electrons. The van der Waals surface area contributed by atoms with E-state index in [2.05, 4.69) is 26.2 Å². The average Bonchev–Trinajstić information content (AvgIpc) is 2.69. The third kappa shape index (κ3) is 3.84. The van der Waals surface area contributed by atoms with Gasteiger partial charge in [0.15, 0.2) is 0 Å². The van der Waals surface area contributed by atoms with Crippen LogP contribution in [-0.2, 0) is 25.3 Å². The van der Waals surface area contributed by atoms with Crippen molar-refractivity contribution in [3.05, 3.63) is 61.3 Å². The van der Waals surface area contributed by atoms with Crippen LogP contribution in [0.2, 0.25) is 0 Å². The molecule has 2 heterocycles. The van der Waals surface area contributed by atoms with Crippen LogP contribution in [0.4, 0.5) is 5.69 Å². The maximum absolute atomic E-state index is 12.3. The van der Waals surface area contributed by atoms with E-state index in [-0.39, 0.29) is 23.4 Å². The summed E-state index contributed by atoms with van der Waals surface area (Å²) in [6.45, 7) is 0. The van der Waals surface area contributed by atoms with Crippen LogP contribution in [0.1, 0.15) is 12.0 Å². The molecule has 0 unspecified atom stereocenters. The zero-order valence-corrected chi connectivity index (χ0v) is 17.2. The van der Waals surface area contributed by atoms with Gasteiger partial charge in [0, 0.05) is 20.5 Å². The Kier molecular flexibility index (Phi) is 5.64. The summed E-state index contributed by atoms with van der Waals surface area (Å²) in [6, 6.07) is 7.18. The van der Waals surface area contributed by atoms with E-state index in [9.17, 15) is 14.4 Å². The molecule has 2 aromatic heterocycles. The van der Waals surface area contributed by atoms with Crippen LogP contribution < -0.4 is 21.3 Å². The number of carbonyl (C=O) groups excluding carboxylic acids is 1. The first-order valence-corrected chi connectivity index (χ1v) is 9.29. The highest BCUT2D eigenvalue weighted by Gasteiger charge is 2.12. The van der Waals surface area contributed by atoms with Crippen molar-refractivity contribution >= 4 is 38.6 Å². The van der Waals surface area contributed by atoms with Gasteiger partial charge in [-0.3, -0.25) is 18.7 Å². The summed E-state index contributed by atoms with van der Waals surface area (Å²) in [4.78, 5) is 40.7. The highest BCUT2D eigenvalue weighted by Crippen LogP contribution is 2.26. The quantitative estimate of drug-likeness (QED) is 0.646. The predicted octanol–water partition coefficient (Wildman–Crippen LogP) is 1.97. The van der Waals surface area contributed by atoms with Crippen LogP contribution >= 0.6 is 15.9 Å². The van der Waals surface area contributed by atoms with E-state index >= 15 is 0 Å². The number of nitrogens with one attached hydrogen (secondary N) is 1. The van der Waals surface area contributed by atoms with Gasteiger partial charge in [-0.1, -0.05) is 6.07 Å². The number of pyridine rings is 1. The molecule has 8 nitrogen and oxygen atoms in total. The van der Waals surface area contributed by atoms with E-state index in [1.807, 2.05) is 18.2 Å². The Morgan fingerprint density at radius 1 is 1.21 bits per heavy atom. The molecule has 1 N–H and O–H groups in total. The van der Waals surface area contributed by atoms with Crippen molar-refractivity contribution < 1.29 is 9.53 Å². The van der Waals surface area contributed by atoms with Crippen LogP contribution in [0.15, 0.2) is 44.5 Å². The number of halogens is 1. The van der Waals surface area contributed by atoms with E-state index in [4.69, 9.17) is 4.74 Å². The van der Waals surface area contributed by atoms with Gasteiger partial charge in [0.05, 0.1) is 28.9 Å². The first-order chi connectivity index (χ1) is 13.3. The predicted molar refractivity (Wildman–Crippen MR) is 110 cm³/mol. The summed E-state index contributed by atoms with van der Waals surface area (Å²) in [7, 11) is 4.54. The van der Waals surface area contributed by atoms with Crippen molar-refractivity contribution in [2.24, 2.45) is 14.1 Å². The molecule has 146 valence electrons. The van der Waals surface area contributed by atoms with Gasteiger partial charge in [0.25, 0.3) is 5.56 Å². The van der Waals surface area contributed by atoms with E-state index in [1.165, 1.54) is 23.9 Å². The number of methoxy groups -OCH3 is 1. The summed E-state index contributed by atoms with van der Waals surface area (Å²) in [5, 5.41) is 3.01. The summed E-state index contributed by atoms with van der Waals surface area (Å²) in [5.74, 6) is 0.529. The summed E-state index contributed by atoms with van der Waals surface area (Å²) in [5.41, 5.74) is 0.763. The molecule has 0 bridgehead atoms. The fourth-order valence-corrected chi connectivity index (χ4v) is 3.47. The van der Waals surface area contributed by atoms with Crippen molar-refractivity contribution in [1.29, 1.82) is 0 Å². The molecule has 28 heavy (non-hydrogen) atoms. The van der Waals surface area contributed by atoms with E-state index < -0.39 is 11.2 Å². The second kappa shape index (κ2) is 7.97. The minimum atomic E-state index is -0.454. The molecule has 1 amide bonds. The lowest BCUT2D eigenvalue weighted by Crippen LogP contribution is -2.37. The van der Waals surface area contributed by atoms with Gasteiger partial charge in [-0.15, -0.1) is 0 Å². The minimum Gasteiger partial charge on any atom is -0.496 e. The summed E-state index contributed by atoms with van der Waals surface area (Å²) < 4.78 is 8.33. The Morgan fingerprint density at radius 2 is 1.96 bits per heavy atom. The van der Waals surface area contributed by atoms with Crippen molar-refractivity contribution in [1.82, 2.24) is 14.1 Å². The molecule has 3 aromatic rings. The van der Waals surface area contributed by atoms with Crippen LogP contribution in [-0.4, -0.2) is 27.1 Å². The van der Waals surface area contributed by atoms with Gasteiger partial charge in [0.2, 0.25) is 5.91 Å². The van der Waals surface area contributed by atoms with E-state index in [1.54, 1.807) is 14.2 Å². The Hall–Kier alpha value is -2.94. The van der Waals surface area contributed by atoms with Crippen LogP contribution in [0, 0.1) is 0 Å². The Labute approximate surface area is 168 Å². The second-order valence-corrected chi connectivity index (χ2v) is 7.17. The van der Waals surface area contributed by atoms with Crippen LogP contribution in [0.25, 0.3) is 11.0 Å². The van der Waals surface area contributed by atoms with Crippen molar-refractivity contribution in [2.45, 2.75) is 12.8 Å². The first kappa shape index (κ1) is 19.8. The van der Waals surface area contributed by atoms with Gasteiger partial charge >= 0.3 is 5.69 Å². The fourth-order valence-electron chi connectivity index (χ4n) is 2.88. The molecule has 0 fully saturated rings. The monoisotopic (exact) mass is 446 g/mol. The highest BCUT2D eigenvalue weighted by molar-refractivity contribution is 9.10. The SMILES string of the molecule is COc1ccc(CCC(=O)Nc2cnc3c(c2)c(=O)n(C)c(=O)n3C)cc1Br. The molecule has 0 aliphatic heterocycles. The fraction of sp³-hybridized carbons (Fsp3) is 0.263. The lowest BCUT2D eigenvalue weighted by atomic mass is 10.1.